The van der Waals surface area contributed by atoms with Crippen LogP contribution >= 0.6 is 0 Å². The number of aryl methyl sites for hydroxylation is 1. The van der Waals surface area contributed by atoms with Crippen molar-refractivity contribution in [2.45, 2.75) is 58.0 Å². The van der Waals surface area contributed by atoms with Crippen molar-refractivity contribution in [1.29, 1.82) is 0 Å². The standard InChI is InChI=1S/C31H44N8O2/c1-3-10-37-11-6-23(7-12-37)20-28(31(41)39-15-13-38(14-16-39)26-4-8-33-9-5-26)35-30(40)27(32)19-24-17-22(2)29-25(18-24)21-34-36-29/h4-5,8-9,17-18,21,23,27-28H,3,6-7,10-16,19-20,32H2,1-2H3,(H,34,36)(H,35,40). The van der Waals surface area contributed by atoms with Crippen molar-refractivity contribution < 1.29 is 9.59 Å². The first kappa shape index (κ1) is 29.0. The average Bonchev–Trinajstić information content (AvgIpc) is 3.47. The fraction of sp³-hybridized carbons (Fsp3) is 0.548. The second-order valence-corrected chi connectivity index (χ2v) is 11.7. The first-order valence-corrected chi connectivity index (χ1v) is 15.1. The number of nitrogens with one attached hydrogen (secondary N) is 2. The molecule has 10 heteroatoms. The monoisotopic (exact) mass is 560 g/mol. The third-order valence-corrected chi connectivity index (χ3v) is 8.65. The number of pyridine rings is 1. The molecule has 5 rings (SSSR count). The molecule has 0 aliphatic carbocycles. The number of aromatic amines is 1. The summed E-state index contributed by atoms with van der Waals surface area (Å²) in [6, 6.07) is 6.75. The van der Waals surface area contributed by atoms with E-state index in [-0.39, 0.29) is 11.8 Å². The molecule has 4 N–H and O–H groups in total. The highest BCUT2D eigenvalue weighted by molar-refractivity contribution is 5.90. The van der Waals surface area contributed by atoms with Gasteiger partial charge in [-0.3, -0.25) is 19.7 Å². The summed E-state index contributed by atoms with van der Waals surface area (Å²) in [5.74, 6) is 0.136. The number of anilines is 1. The highest BCUT2D eigenvalue weighted by Gasteiger charge is 2.33. The number of fused-ring (bicyclic) bond motifs is 1. The quantitative estimate of drug-likeness (QED) is 0.348. The maximum Gasteiger partial charge on any atom is 0.245 e. The van der Waals surface area contributed by atoms with Gasteiger partial charge >= 0.3 is 0 Å². The van der Waals surface area contributed by atoms with Gasteiger partial charge in [0.05, 0.1) is 17.8 Å². The number of piperidine rings is 1. The largest absolute Gasteiger partial charge is 0.368 e. The van der Waals surface area contributed by atoms with Gasteiger partial charge in [-0.2, -0.15) is 5.10 Å². The molecule has 0 bridgehead atoms. The molecule has 0 saturated carbocycles. The number of amides is 2. The Morgan fingerprint density at radius 3 is 2.54 bits per heavy atom. The van der Waals surface area contributed by atoms with Crippen molar-refractivity contribution >= 4 is 28.4 Å². The Balaban J connectivity index is 1.24. The van der Waals surface area contributed by atoms with Crippen LogP contribution in [-0.4, -0.2) is 94.7 Å². The van der Waals surface area contributed by atoms with Gasteiger partial charge in [0.2, 0.25) is 11.8 Å². The van der Waals surface area contributed by atoms with E-state index in [4.69, 9.17) is 5.73 Å². The summed E-state index contributed by atoms with van der Waals surface area (Å²) in [4.78, 5) is 38.1. The first-order valence-electron chi connectivity index (χ1n) is 15.1. The first-order chi connectivity index (χ1) is 19.9. The molecule has 1 aromatic carbocycles. The molecular formula is C31H44N8O2. The number of H-pyrrole nitrogens is 1. The van der Waals surface area contributed by atoms with Crippen LogP contribution in [0, 0.1) is 12.8 Å². The SMILES string of the molecule is CCCN1CCC(CC(NC(=O)C(N)Cc2cc(C)c3[nH]ncc3c2)C(=O)N2CCN(c3ccncc3)CC2)CC1. The van der Waals surface area contributed by atoms with Crippen LogP contribution in [0.5, 0.6) is 0 Å². The number of benzene rings is 1. The predicted octanol–water partition coefficient (Wildman–Crippen LogP) is 2.48. The summed E-state index contributed by atoms with van der Waals surface area (Å²) >= 11 is 0. The lowest BCUT2D eigenvalue weighted by molar-refractivity contribution is -0.137. The summed E-state index contributed by atoms with van der Waals surface area (Å²) in [7, 11) is 0. The molecule has 2 aromatic heterocycles. The third kappa shape index (κ3) is 7.23. The predicted molar refractivity (Wildman–Crippen MR) is 162 cm³/mol. The average molecular weight is 561 g/mol. The Labute approximate surface area is 242 Å². The second kappa shape index (κ2) is 13.4. The van der Waals surface area contributed by atoms with E-state index >= 15 is 0 Å². The molecule has 3 aromatic rings. The van der Waals surface area contributed by atoms with Crippen molar-refractivity contribution in [3.63, 3.8) is 0 Å². The molecule has 41 heavy (non-hydrogen) atoms. The van der Waals surface area contributed by atoms with Crippen LogP contribution in [-0.2, 0) is 16.0 Å². The molecule has 2 amide bonds. The van der Waals surface area contributed by atoms with Gasteiger partial charge in [0.25, 0.3) is 0 Å². The summed E-state index contributed by atoms with van der Waals surface area (Å²) in [5, 5.41) is 11.2. The lowest BCUT2D eigenvalue weighted by Gasteiger charge is -2.39. The lowest BCUT2D eigenvalue weighted by Crippen LogP contribution is -2.57. The third-order valence-electron chi connectivity index (χ3n) is 8.65. The Bertz CT molecular complexity index is 1300. The number of carbonyl (C=O) groups is 2. The number of aromatic nitrogens is 3. The maximum atomic E-state index is 13.9. The van der Waals surface area contributed by atoms with Gasteiger partial charge in [-0.1, -0.05) is 13.0 Å². The Morgan fingerprint density at radius 2 is 1.83 bits per heavy atom. The van der Waals surface area contributed by atoms with Gasteiger partial charge in [-0.05, 0) is 93.9 Å². The van der Waals surface area contributed by atoms with Gasteiger partial charge in [0.1, 0.15) is 6.04 Å². The molecule has 0 spiro atoms. The van der Waals surface area contributed by atoms with E-state index in [1.165, 1.54) is 0 Å². The number of carbonyl (C=O) groups excluding carboxylic acids is 2. The summed E-state index contributed by atoms with van der Waals surface area (Å²) < 4.78 is 0. The molecule has 2 fully saturated rings. The summed E-state index contributed by atoms with van der Waals surface area (Å²) in [6.07, 6.45) is 9.67. The molecule has 2 aliphatic rings. The number of likely N-dealkylation sites (tertiary alicyclic amines) is 1. The number of nitrogens with zero attached hydrogens (tertiary/aromatic N) is 5. The molecule has 2 unspecified atom stereocenters. The van der Waals surface area contributed by atoms with Crippen molar-refractivity contribution in [2.75, 3.05) is 50.7 Å². The topological polar surface area (TPSA) is 123 Å². The highest BCUT2D eigenvalue weighted by atomic mass is 16.2. The van der Waals surface area contributed by atoms with Crippen LogP contribution in [0.25, 0.3) is 10.9 Å². The van der Waals surface area contributed by atoms with Gasteiger partial charge in [-0.15, -0.1) is 0 Å². The zero-order valence-corrected chi connectivity index (χ0v) is 24.4. The number of nitrogens with two attached hydrogens (primary N) is 1. The molecular weight excluding hydrogens is 516 g/mol. The van der Waals surface area contributed by atoms with E-state index in [9.17, 15) is 9.59 Å². The van der Waals surface area contributed by atoms with E-state index in [1.54, 1.807) is 18.6 Å². The number of rotatable bonds is 10. The van der Waals surface area contributed by atoms with Crippen molar-refractivity contribution in [2.24, 2.45) is 11.7 Å². The smallest absolute Gasteiger partial charge is 0.245 e. The van der Waals surface area contributed by atoms with E-state index in [0.29, 0.717) is 31.8 Å². The fourth-order valence-corrected chi connectivity index (χ4v) is 6.33. The Morgan fingerprint density at radius 1 is 1.10 bits per heavy atom. The van der Waals surface area contributed by atoms with Crippen LogP contribution in [0.4, 0.5) is 5.69 Å². The maximum absolute atomic E-state index is 13.9. The van der Waals surface area contributed by atoms with Gasteiger partial charge in [0.15, 0.2) is 0 Å². The molecule has 220 valence electrons. The van der Waals surface area contributed by atoms with E-state index in [2.05, 4.69) is 37.2 Å². The highest BCUT2D eigenvalue weighted by Crippen LogP contribution is 2.24. The van der Waals surface area contributed by atoms with E-state index in [1.807, 2.05) is 36.1 Å². The van der Waals surface area contributed by atoms with E-state index in [0.717, 1.165) is 79.7 Å². The lowest BCUT2D eigenvalue weighted by atomic mass is 9.89. The second-order valence-electron chi connectivity index (χ2n) is 11.7. The summed E-state index contributed by atoms with van der Waals surface area (Å²) in [6.45, 7) is 10.2. The van der Waals surface area contributed by atoms with Gasteiger partial charge in [-0.25, -0.2) is 0 Å². The van der Waals surface area contributed by atoms with Crippen molar-refractivity contribution in [3.8, 4) is 0 Å². The van der Waals surface area contributed by atoms with Crippen LogP contribution in [0.3, 0.4) is 0 Å². The molecule has 0 radical (unpaired) electrons. The van der Waals surface area contributed by atoms with Crippen LogP contribution < -0.4 is 16.0 Å². The number of hydrogen-bond donors (Lipinski definition) is 3. The number of hydrogen-bond acceptors (Lipinski definition) is 7. The molecule has 10 nitrogen and oxygen atoms in total. The number of piperazine rings is 1. The minimum atomic E-state index is -0.746. The van der Waals surface area contributed by atoms with Gasteiger partial charge < -0.3 is 25.8 Å². The van der Waals surface area contributed by atoms with Crippen molar-refractivity contribution in [1.82, 2.24) is 30.3 Å². The van der Waals surface area contributed by atoms with E-state index < -0.39 is 12.1 Å². The van der Waals surface area contributed by atoms with Crippen LogP contribution in [0.1, 0.15) is 43.7 Å². The minimum Gasteiger partial charge on any atom is -0.368 e. The summed E-state index contributed by atoms with van der Waals surface area (Å²) in [5.41, 5.74) is 10.6. The minimum absolute atomic E-state index is 0.00609. The fourth-order valence-electron chi connectivity index (χ4n) is 6.33. The molecule has 2 atom stereocenters. The van der Waals surface area contributed by atoms with Crippen LogP contribution in [0.2, 0.25) is 0 Å². The normalized spacial score (nSPS) is 18.4. The van der Waals surface area contributed by atoms with Crippen LogP contribution in [0.15, 0.2) is 42.9 Å². The zero-order valence-electron chi connectivity index (χ0n) is 24.4. The Hall–Kier alpha value is -3.50. The molecule has 2 aliphatic heterocycles. The van der Waals surface area contributed by atoms with Gasteiger partial charge in [0, 0.05) is 49.6 Å². The molecule has 2 saturated heterocycles. The zero-order chi connectivity index (χ0) is 28.8. The molecule has 4 heterocycles. The Kier molecular flexibility index (Phi) is 9.51. The van der Waals surface area contributed by atoms with Crippen molar-refractivity contribution in [3.05, 3.63) is 54.0 Å².